The summed E-state index contributed by atoms with van der Waals surface area (Å²) in [6.45, 7) is 7.98. The highest BCUT2D eigenvalue weighted by atomic mass is 19.1. The van der Waals surface area contributed by atoms with E-state index in [-0.39, 0.29) is 17.7 Å². The van der Waals surface area contributed by atoms with Gasteiger partial charge in [0.05, 0.1) is 6.61 Å². The zero-order chi connectivity index (χ0) is 18.0. The lowest BCUT2D eigenvalue weighted by atomic mass is 9.85. The first-order valence-corrected chi connectivity index (χ1v) is 8.54. The van der Waals surface area contributed by atoms with Gasteiger partial charge in [0.25, 0.3) is 0 Å². The number of hydrogen-bond donors (Lipinski definition) is 1. The van der Waals surface area contributed by atoms with Gasteiger partial charge in [-0.1, -0.05) is 19.1 Å². The summed E-state index contributed by atoms with van der Waals surface area (Å²) in [5.41, 5.74) is 1.31. The van der Waals surface area contributed by atoms with Crippen LogP contribution < -0.4 is 0 Å². The number of rotatable bonds is 4. The fraction of sp³-hybridized carbons (Fsp3) is 0.500. The van der Waals surface area contributed by atoms with Gasteiger partial charge in [0.15, 0.2) is 5.69 Å². The largest absolute Gasteiger partial charge is 0.461 e. The van der Waals surface area contributed by atoms with Gasteiger partial charge in [-0.2, -0.15) is 0 Å². The second-order valence-corrected chi connectivity index (χ2v) is 7.10. The maximum absolute atomic E-state index is 13.7. The third-order valence-corrected chi connectivity index (χ3v) is 4.36. The van der Waals surface area contributed by atoms with Crippen LogP contribution in [-0.2, 0) is 4.74 Å². The summed E-state index contributed by atoms with van der Waals surface area (Å²) in [4.78, 5) is 15.2. The molecule has 6 nitrogen and oxygen atoms in total. The average molecular weight is 346 g/mol. The standard InChI is InChI=1S/C18H23FN4O2/c1-4-25-17(24)16-15(13-10-12(19)6-7-14(13)20-16)21-22-23-9-5-8-18(2,3)11-23/h6-7,10,20H,4-5,8-9,11H2,1-3H3. The van der Waals surface area contributed by atoms with E-state index in [1.54, 1.807) is 13.0 Å². The van der Waals surface area contributed by atoms with E-state index in [0.29, 0.717) is 16.6 Å². The number of piperidine rings is 1. The average Bonchev–Trinajstić information content (AvgIpc) is 2.90. The molecule has 1 N–H and O–H groups in total. The molecule has 25 heavy (non-hydrogen) atoms. The van der Waals surface area contributed by atoms with Crippen LogP contribution in [0.3, 0.4) is 0 Å². The summed E-state index contributed by atoms with van der Waals surface area (Å²) < 4.78 is 18.7. The molecule has 0 atom stereocenters. The lowest BCUT2D eigenvalue weighted by Gasteiger charge is -2.35. The smallest absolute Gasteiger partial charge is 0.357 e. The first kappa shape index (κ1) is 17.4. The number of nitrogens with zero attached hydrogens (tertiary/aromatic N) is 3. The van der Waals surface area contributed by atoms with Crippen molar-refractivity contribution in [2.24, 2.45) is 15.8 Å². The topological polar surface area (TPSA) is 70.0 Å². The molecule has 0 saturated carbocycles. The number of carbonyl (C=O) groups excluding carboxylic acids is 1. The van der Waals surface area contributed by atoms with Gasteiger partial charge >= 0.3 is 5.97 Å². The number of esters is 1. The van der Waals surface area contributed by atoms with Crippen molar-refractivity contribution in [1.82, 2.24) is 9.99 Å². The second kappa shape index (κ2) is 6.82. The van der Waals surface area contributed by atoms with Crippen molar-refractivity contribution in [3.8, 4) is 0 Å². The molecule has 0 radical (unpaired) electrons. The van der Waals surface area contributed by atoms with Crippen LogP contribution in [0.4, 0.5) is 10.1 Å². The van der Waals surface area contributed by atoms with Crippen LogP contribution in [0.15, 0.2) is 28.5 Å². The van der Waals surface area contributed by atoms with Crippen LogP contribution in [0, 0.1) is 11.2 Å². The van der Waals surface area contributed by atoms with Gasteiger partial charge in [-0.3, -0.25) is 5.01 Å². The molecule has 2 aromatic rings. The van der Waals surface area contributed by atoms with Gasteiger partial charge in [0.2, 0.25) is 0 Å². The molecule has 1 aliphatic rings. The summed E-state index contributed by atoms with van der Waals surface area (Å²) in [6, 6.07) is 4.27. The number of H-pyrrole nitrogens is 1. The van der Waals surface area contributed by atoms with E-state index in [2.05, 4.69) is 29.2 Å². The zero-order valence-electron chi connectivity index (χ0n) is 14.8. The van der Waals surface area contributed by atoms with Crippen molar-refractivity contribution < 1.29 is 13.9 Å². The minimum absolute atomic E-state index is 0.174. The maximum atomic E-state index is 13.7. The Hall–Kier alpha value is -2.44. The molecule has 0 unspecified atom stereocenters. The Morgan fingerprint density at radius 3 is 2.96 bits per heavy atom. The molecule has 0 spiro atoms. The first-order valence-electron chi connectivity index (χ1n) is 8.54. The molecule has 0 aliphatic carbocycles. The number of carbonyl (C=O) groups is 1. The summed E-state index contributed by atoms with van der Waals surface area (Å²) >= 11 is 0. The lowest BCUT2D eigenvalue weighted by molar-refractivity contribution is 0.0521. The van der Waals surface area contributed by atoms with E-state index in [9.17, 15) is 9.18 Å². The zero-order valence-corrected chi connectivity index (χ0v) is 14.8. The molecule has 1 aromatic heterocycles. The number of hydrogen-bond acceptors (Lipinski definition) is 4. The molecule has 1 saturated heterocycles. The third kappa shape index (κ3) is 3.81. The summed E-state index contributed by atoms with van der Waals surface area (Å²) in [6.07, 6.45) is 2.19. The molecule has 0 amide bonds. The second-order valence-electron chi connectivity index (χ2n) is 7.10. The summed E-state index contributed by atoms with van der Waals surface area (Å²) in [5.74, 6) is -0.913. The van der Waals surface area contributed by atoms with Crippen LogP contribution in [0.2, 0.25) is 0 Å². The Morgan fingerprint density at radius 2 is 2.24 bits per heavy atom. The Kier molecular flexibility index (Phi) is 4.74. The molecule has 1 aromatic carbocycles. The van der Waals surface area contributed by atoms with Crippen LogP contribution >= 0.6 is 0 Å². The van der Waals surface area contributed by atoms with E-state index < -0.39 is 11.8 Å². The van der Waals surface area contributed by atoms with Crippen LogP contribution in [-0.4, -0.2) is 35.7 Å². The van der Waals surface area contributed by atoms with E-state index in [1.807, 2.05) is 5.01 Å². The Balaban J connectivity index is 1.98. The molecule has 1 fully saturated rings. The molecular formula is C18H23FN4O2. The van der Waals surface area contributed by atoms with E-state index in [4.69, 9.17) is 4.74 Å². The van der Waals surface area contributed by atoms with E-state index >= 15 is 0 Å². The van der Waals surface area contributed by atoms with Crippen molar-refractivity contribution in [2.45, 2.75) is 33.6 Å². The van der Waals surface area contributed by atoms with E-state index in [1.165, 1.54) is 12.1 Å². The minimum atomic E-state index is -0.521. The highest BCUT2D eigenvalue weighted by molar-refractivity contribution is 6.04. The Bertz CT molecular complexity index is 813. The SMILES string of the molecule is CCOC(=O)c1[nH]c2ccc(F)cc2c1N=NN1CCCC(C)(C)C1. The van der Waals surface area contributed by atoms with E-state index in [0.717, 1.165) is 25.9 Å². The molecule has 2 heterocycles. The number of nitrogens with one attached hydrogen (secondary N) is 1. The van der Waals surface area contributed by atoms with Gasteiger partial charge in [-0.15, -0.1) is 5.11 Å². The van der Waals surface area contributed by atoms with Crippen molar-refractivity contribution in [3.63, 3.8) is 0 Å². The third-order valence-electron chi connectivity index (χ3n) is 4.36. The van der Waals surface area contributed by atoms with Crippen LogP contribution in [0.5, 0.6) is 0 Å². The van der Waals surface area contributed by atoms with Crippen LogP contribution in [0.1, 0.15) is 44.1 Å². The fourth-order valence-electron chi connectivity index (χ4n) is 3.18. The van der Waals surface area contributed by atoms with Gasteiger partial charge < -0.3 is 9.72 Å². The Morgan fingerprint density at radius 1 is 1.44 bits per heavy atom. The number of aromatic nitrogens is 1. The number of halogens is 1. The monoisotopic (exact) mass is 346 g/mol. The number of ether oxygens (including phenoxy) is 1. The van der Waals surface area contributed by atoms with Crippen LogP contribution in [0.25, 0.3) is 10.9 Å². The molecular weight excluding hydrogens is 323 g/mol. The predicted molar refractivity (Wildman–Crippen MR) is 93.3 cm³/mol. The molecule has 0 bridgehead atoms. The van der Waals surface area contributed by atoms with Gasteiger partial charge in [0.1, 0.15) is 11.5 Å². The van der Waals surface area contributed by atoms with Gasteiger partial charge in [-0.25, -0.2) is 9.18 Å². The van der Waals surface area contributed by atoms with Crippen molar-refractivity contribution in [2.75, 3.05) is 19.7 Å². The maximum Gasteiger partial charge on any atom is 0.357 e. The molecule has 1 aliphatic heterocycles. The quantitative estimate of drug-likeness (QED) is 0.649. The lowest BCUT2D eigenvalue weighted by Crippen LogP contribution is -2.36. The van der Waals surface area contributed by atoms with Crippen molar-refractivity contribution in [1.29, 1.82) is 0 Å². The number of fused-ring (bicyclic) bond motifs is 1. The molecule has 7 heteroatoms. The number of benzene rings is 1. The molecule has 3 rings (SSSR count). The fourth-order valence-corrected chi connectivity index (χ4v) is 3.18. The summed E-state index contributed by atoms with van der Waals surface area (Å²) in [5, 5.41) is 11.0. The highest BCUT2D eigenvalue weighted by Gasteiger charge is 2.26. The predicted octanol–water partition coefficient (Wildman–Crippen LogP) is 4.60. The Labute approximate surface area is 146 Å². The first-order chi connectivity index (χ1) is 11.9. The summed E-state index contributed by atoms with van der Waals surface area (Å²) in [7, 11) is 0. The normalized spacial score (nSPS) is 17.4. The van der Waals surface area contributed by atoms with Crippen molar-refractivity contribution in [3.05, 3.63) is 29.7 Å². The van der Waals surface area contributed by atoms with Gasteiger partial charge in [-0.05, 0) is 43.4 Å². The molecule has 134 valence electrons. The number of aromatic amines is 1. The highest BCUT2D eigenvalue weighted by Crippen LogP contribution is 2.33. The minimum Gasteiger partial charge on any atom is -0.461 e. The van der Waals surface area contributed by atoms with Gasteiger partial charge in [0, 0.05) is 24.0 Å². The van der Waals surface area contributed by atoms with Crippen molar-refractivity contribution >= 4 is 22.6 Å².